The highest BCUT2D eigenvalue weighted by Gasteiger charge is 2.58. The van der Waals surface area contributed by atoms with Crippen LogP contribution in [0.15, 0.2) is 23.8 Å². The van der Waals surface area contributed by atoms with E-state index in [0.717, 1.165) is 0 Å². The highest BCUT2D eigenvalue weighted by molar-refractivity contribution is 5.77. The summed E-state index contributed by atoms with van der Waals surface area (Å²) in [5, 5.41) is 11.1. The molecule has 0 spiro atoms. The number of carbonyl (C=O) groups is 2. The van der Waals surface area contributed by atoms with E-state index in [9.17, 15) is 14.7 Å². The van der Waals surface area contributed by atoms with Gasteiger partial charge in [-0.25, -0.2) is 0 Å². The molecule has 3 heterocycles. The largest absolute Gasteiger partial charge is 0.461 e. The maximum atomic E-state index is 12.6. The summed E-state index contributed by atoms with van der Waals surface area (Å²) in [5.74, 6) is -3.82. The number of fused-ring (bicyclic) bond motifs is 3. The number of esters is 2. The Bertz CT molecular complexity index is 712. The normalized spacial score (nSPS) is 40.8. The molecule has 0 aliphatic carbocycles. The molecule has 0 amide bonds. The van der Waals surface area contributed by atoms with E-state index in [1.807, 2.05) is 6.92 Å². The lowest BCUT2D eigenvalue weighted by Gasteiger charge is -2.39. The summed E-state index contributed by atoms with van der Waals surface area (Å²) < 4.78 is 22.8. The van der Waals surface area contributed by atoms with E-state index >= 15 is 0 Å². The van der Waals surface area contributed by atoms with Crippen molar-refractivity contribution in [1.29, 1.82) is 0 Å². The Morgan fingerprint density at radius 1 is 1.39 bits per heavy atom. The zero-order valence-corrected chi connectivity index (χ0v) is 17.2. The smallest absolute Gasteiger partial charge is 0.313 e. The Balaban J connectivity index is 2.11. The molecule has 2 fully saturated rings. The molecule has 7 nitrogen and oxygen atoms in total. The Kier molecular flexibility index (Phi) is 5.47. The molecule has 3 rings (SSSR count). The summed E-state index contributed by atoms with van der Waals surface area (Å²) in [5.41, 5.74) is 0.283. The summed E-state index contributed by atoms with van der Waals surface area (Å²) in [6, 6.07) is 0. The number of rotatable bonds is 3. The first-order valence-corrected chi connectivity index (χ1v) is 9.70. The van der Waals surface area contributed by atoms with E-state index in [0.29, 0.717) is 11.1 Å². The van der Waals surface area contributed by atoms with E-state index < -0.39 is 41.4 Å². The number of carbonyl (C=O) groups excluding carboxylic acids is 2. The molecular formula is C21H30O7. The van der Waals surface area contributed by atoms with Crippen LogP contribution < -0.4 is 0 Å². The van der Waals surface area contributed by atoms with Crippen molar-refractivity contribution in [2.24, 2.45) is 17.8 Å². The summed E-state index contributed by atoms with van der Waals surface area (Å²) in [6.07, 6.45) is 1.09. The van der Waals surface area contributed by atoms with Crippen molar-refractivity contribution in [1.82, 2.24) is 0 Å². The lowest BCUT2D eigenvalue weighted by molar-refractivity contribution is -0.211. The minimum Gasteiger partial charge on any atom is -0.461 e. The van der Waals surface area contributed by atoms with Crippen molar-refractivity contribution in [3.05, 3.63) is 23.8 Å². The fourth-order valence-corrected chi connectivity index (χ4v) is 4.46. The van der Waals surface area contributed by atoms with Gasteiger partial charge in [0.2, 0.25) is 0 Å². The summed E-state index contributed by atoms with van der Waals surface area (Å²) in [6.45, 7) is 11.2. The number of methoxy groups -OCH3 is 1. The monoisotopic (exact) mass is 394 g/mol. The van der Waals surface area contributed by atoms with Gasteiger partial charge in [-0.05, 0) is 25.0 Å². The van der Waals surface area contributed by atoms with Gasteiger partial charge in [-0.2, -0.15) is 0 Å². The van der Waals surface area contributed by atoms with Crippen molar-refractivity contribution < 1.29 is 33.6 Å². The van der Waals surface area contributed by atoms with Crippen LogP contribution in [0.4, 0.5) is 0 Å². The first-order valence-electron chi connectivity index (χ1n) is 9.70. The molecule has 7 heteroatoms. The summed E-state index contributed by atoms with van der Waals surface area (Å²) in [7, 11) is 1.57. The van der Waals surface area contributed by atoms with Gasteiger partial charge >= 0.3 is 11.9 Å². The Morgan fingerprint density at radius 3 is 2.68 bits per heavy atom. The molecule has 28 heavy (non-hydrogen) atoms. The van der Waals surface area contributed by atoms with Crippen LogP contribution >= 0.6 is 0 Å². The van der Waals surface area contributed by atoms with Crippen molar-refractivity contribution in [3.63, 3.8) is 0 Å². The van der Waals surface area contributed by atoms with Crippen molar-refractivity contribution in [2.45, 2.75) is 64.1 Å². The lowest BCUT2D eigenvalue weighted by Crippen LogP contribution is -2.48. The molecule has 0 aromatic rings. The fraction of sp³-hybridized carbons (Fsp3) is 0.714. The maximum Gasteiger partial charge on any atom is 0.313 e. The zero-order chi connectivity index (χ0) is 20.9. The van der Waals surface area contributed by atoms with Crippen LogP contribution in [0.2, 0.25) is 0 Å². The second-order valence-electron chi connectivity index (χ2n) is 8.63. The van der Waals surface area contributed by atoms with Crippen LogP contribution in [0.1, 0.15) is 40.5 Å². The first kappa shape index (κ1) is 21.0. The number of hydrogen-bond acceptors (Lipinski definition) is 7. The van der Waals surface area contributed by atoms with E-state index in [1.54, 1.807) is 34.0 Å². The Labute approximate surface area is 165 Å². The van der Waals surface area contributed by atoms with Crippen LogP contribution in [0.3, 0.4) is 0 Å². The third kappa shape index (κ3) is 3.51. The molecule has 0 aromatic carbocycles. The third-order valence-electron chi connectivity index (χ3n) is 6.15. The molecule has 0 radical (unpaired) electrons. The maximum absolute atomic E-state index is 12.6. The molecule has 0 aromatic heterocycles. The highest BCUT2D eigenvalue weighted by atomic mass is 16.7. The minimum absolute atomic E-state index is 0.0815. The number of aliphatic hydroxyl groups is 1. The molecule has 0 saturated carbocycles. The predicted octanol–water partition coefficient (Wildman–Crippen LogP) is 2.13. The molecule has 0 unspecified atom stereocenters. The van der Waals surface area contributed by atoms with Gasteiger partial charge < -0.3 is 24.1 Å². The predicted molar refractivity (Wildman–Crippen MR) is 100 cm³/mol. The van der Waals surface area contributed by atoms with Gasteiger partial charge in [-0.15, -0.1) is 0 Å². The highest BCUT2D eigenvalue weighted by Crippen LogP contribution is 2.49. The molecule has 3 aliphatic heterocycles. The third-order valence-corrected chi connectivity index (χ3v) is 6.15. The van der Waals surface area contributed by atoms with Gasteiger partial charge in [-0.3, -0.25) is 9.59 Å². The quantitative estimate of drug-likeness (QED) is 0.579. The van der Waals surface area contributed by atoms with E-state index in [1.165, 1.54) is 0 Å². The number of ether oxygens (including phenoxy) is 4. The van der Waals surface area contributed by atoms with Gasteiger partial charge in [0.1, 0.15) is 12.7 Å². The van der Waals surface area contributed by atoms with E-state index in [-0.39, 0.29) is 31.3 Å². The fourth-order valence-electron chi connectivity index (χ4n) is 4.46. The zero-order valence-electron chi connectivity index (χ0n) is 17.2. The van der Waals surface area contributed by atoms with E-state index in [4.69, 9.17) is 18.9 Å². The average molecular weight is 394 g/mol. The Hall–Kier alpha value is -1.70. The standard InChI is InChI=1S/C21H30O7/c1-11(2)18(22)27-15-8-20(5)16(25-6)9-21(24,28-20)13(4)7-14-17(15)12(3)10-26-19(14)23/h7,11,14-17,24H,3,8-10H2,1-2,4-6H3/t14-,15-,16-,17+,20-,21-/m1/s1. The molecule has 3 aliphatic rings. The molecule has 1 N–H and O–H groups in total. The van der Waals surface area contributed by atoms with Crippen molar-refractivity contribution in [2.75, 3.05) is 13.7 Å². The van der Waals surface area contributed by atoms with Crippen LogP contribution in [-0.2, 0) is 28.5 Å². The molecule has 2 bridgehead atoms. The molecular weight excluding hydrogens is 364 g/mol. The Morgan fingerprint density at radius 2 is 2.07 bits per heavy atom. The number of cyclic esters (lactones) is 1. The van der Waals surface area contributed by atoms with Gasteiger partial charge in [0.15, 0.2) is 5.79 Å². The van der Waals surface area contributed by atoms with Crippen molar-refractivity contribution >= 4 is 11.9 Å². The SMILES string of the molecule is C=C1COC(=O)[C@@H]2C=C(C)[C@@]3(O)C[C@@H](OC)[C@@](C)(C[C@@H](OC(=O)C(C)C)[C@@H]12)O3. The summed E-state index contributed by atoms with van der Waals surface area (Å²) >= 11 is 0. The minimum atomic E-state index is -1.56. The van der Waals surface area contributed by atoms with Gasteiger partial charge in [0, 0.05) is 25.9 Å². The second-order valence-corrected chi connectivity index (χ2v) is 8.63. The lowest BCUT2D eigenvalue weighted by atomic mass is 9.74. The average Bonchev–Trinajstić information content (AvgIpc) is 2.89. The van der Waals surface area contributed by atoms with Gasteiger partial charge in [0.05, 0.1) is 23.5 Å². The van der Waals surface area contributed by atoms with Crippen LogP contribution in [-0.4, -0.2) is 54.4 Å². The van der Waals surface area contributed by atoms with Gasteiger partial charge in [-0.1, -0.05) is 26.5 Å². The second kappa shape index (κ2) is 7.28. The van der Waals surface area contributed by atoms with Crippen LogP contribution in [0, 0.1) is 17.8 Å². The van der Waals surface area contributed by atoms with Crippen LogP contribution in [0.25, 0.3) is 0 Å². The summed E-state index contributed by atoms with van der Waals surface area (Å²) in [4.78, 5) is 25.0. The first-order chi connectivity index (χ1) is 13.0. The van der Waals surface area contributed by atoms with Gasteiger partial charge in [0.25, 0.3) is 0 Å². The van der Waals surface area contributed by atoms with Crippen LogP contribution in [0.5, 0.6) is 0 Å². The molecule has 156 valence electrons. The van der Waals surface area contributed by atoms with Crippen molar-refractivity contribution in [3.8, 4) is 0 Å². The molecule has 2 saturated heterocycles. The molecule has 6 atom stereocenters. The number of hydrogen-bond donors (Lipinski definition) is 1. The topological polar surface area (TPSA) is 91.3 Å². The van der Waals surface area contributed by atoms with E-state index in [2.05, 4.69) is 6.58 Å².